The van der Waals surface area contributed by atoms with Crippen molar-refractivity contribution in [1.82, 2.24) is 5.12 Å². The molecule has 6 N–H and O–H groups in total. The fourth-order valence-electron chi connectivity index (χ4n) is 0.212. The van der Waals surface area contributed by atoms with Gasteiger partial charge in [-0.3, -0.25) is 0 Å². The topological polar surface area (TPSA) is 140 Å². The molecule has 0 aliphatic heterocycles. The van der Waals surface area contributed by atoms with Gasteiger partial charge in [0.2, 0.25) is 0 Å². The summed E-state index contributed by atoms with van der Waals surface area (Å²) < 4.78 is 0. The highest BCUT2D eigenvalue weighted by atomic mass is 16.4. The van der Waals surface area contributed by atoms with Gasteiger partial charge >= 0.3 is 0 Å². The van der Waals surface area contributed by atoms with Crippen molar-refractivity contribution < 1.29 is 0 Å². The van der Waals surface area contributed by atoms with E-state index in [1.54, 1.807) is 0 Å². The molecule has 0 spiro atoms. The van der Waals surface area contributed by atoms with Crippen LogP contribution in [-0.2, 0) is 0 Å². The van der Waals surface area contributed by atoms with Gasteiger partial charge in [-0.2, -0.15) is 0 Å². The molecule has 0 bridgehead atoms. The predicted molar refractivity (Wildman–Crippen MR) is 79.2 cm³/mol. The quantitative estimate of drug-likeness (QED) is 0.382. The second-order valence-electron chi connectivity index (χ2n) is 1.63. The van der Waals surface area contributed by atoms with Gasteiger partial charge in [-0.25, -0.2) is 0 Å². The molecule has 0 amide bonds. The van der Waals surface area contributed by atoms with Crippen molar-refractivity contribution in [3.63, 3.8) is 0 Å². The minimum Gasteiger partial charge on any atom is -0.329 e. The lowest BCUT2D eigenvalue weighted by atomic mass is 10.7. The van der Waals surface area contributed by atoms with Gasteiger partial charge in [0.15, 0.2) is 0 Å². The first kappa shape index (κ1) is 29.8. The van der Waals surface area contributed by atoms with Crippen LogP contribution in [0.25, 0.3) is 0 Å². The molecule has 18 heavy (non-hydrogen) atoms. The Hall–Kier alpha value is -1.90. The van der Waals surface area contributed by atoms with Gasteiger partial charge in [0.25, 0.3) is 0 Å². The van der Waals surface area contributed by atoms with Crippen LogP contribution >= 0.6 is 0 Å². The first-order valence-electron chi connectivity index (χ1n) is 4.81. The molecule has 0 radical (unpaired) electrons. The SMILES string of the molecule is C=C.C=C.C=C.NCCN.NCCN(N=O)N=O. The molecule has 108 valence electrons. The fourth-order valence-corrected chi connectivity index (χ4v) is 0.212. The van der Waals surface area contributed by atoms with Crippen molar-refractivity contribution in [2.24, 2.45) is 27.8 Å². The molecule has 0 aromatic heterocycles. The fraction of sp³-hybridized carbons (Fsp3) is 0.400. The smallest absolute Gasteiger partial charge is 0.0795 e. The van der Waals surface area contributed by atoms with Crippen LogP contribution in [-0.4, -0.2) is 31.3 Å². The van der Waals surface area contributed by atoms with Gasteiger partial charge in [0.1, 0.15) is 0 Å². The van der Waals surface area contributed by atoms with Gasteiger partial charge in [0, 0.05) is 19.6 Å². The van der Waals surface area contributed by atoms with Crippen LogP contribution in [0.1, 0.15) is 0 Å². The molecule has 8 heteroatoms. The van der Waals surface area contributed by atoms with Crippen molar-refractivity contribution >= 4 is 0 Å². The minimum atomic E-state index is 0.0764. The van der Waals surface area contributed by atoms with E-state index in [9.17, 15) is 9.81 Å². The van der Waals surface area contributed by atoms with Crippen LogP contribution in [0.5, 0.6) is 0 Å². The second kappa shape index (κ2) is 59.6. The molecule has 0 aliphatic carbocycles. The average Bonchev–Trinajstić information content (AvgIpc) is 2.51. The maximum atomic E-state index is 9.45. The summed E-state index contributed by atoms with van der Waals surface area (Å²) in [7, 11) is 0. The highest BCUT2D eigenvalue weighted by molar-refractivity contribution is 4.41. The highest BCUT2D eigenvalue weighted by Gasteiger charge is 1.95. The Morgan fingerprint density at radius 2 is 1.00 bits per heavy atom. The van der Waals surface area contributed by atoms with Gasteiger partial charge in [-0.05, 0) is 0 Å². The maximum Gasteiger partial charge on any atom is 0.0795 e. The minimum absolute atomic E-state index is 0.0764. The number of rotatable bonds is 5. The molecule has 0 saturated carbocycles. The molecule has 0 rings (SSSR count). The number of hydrogen-bond donors (Lipinski definition) is 3. The Morgan fingerprint density at radius 1 is 0.722 bits per heavy atom. The van der Waals surface area contributed by atoms with E-state index in [1.165, 1.54) is 0 Å². The van der Waals surface area contributed by atoms with Crippen LogP contribution in [0, 0.1) is 9.81 Å². The molecule has 0 heterocycles. The van der Waals surface area contributed by atoms with Gasteiger partial charge in [-0.1, -0.05) is 0 Å². The lowest BCUT2D eigenvalue weighted by molar-refractivity contribution is 0.304. The Labute approximate surface area is 109 Å². The largest absolute Gasteiger partial charge is 0.329 e. The van der Waals surface area contributed by atoms with Crippen molar-refractivity contribution in [3.05, 3.63) is 49.3 Å². The third-order valence-electron chi connectivity index (χ3n) is 0.684. The molecule has 0 aliphatic rings. The molecule has 8 nitrogen and oxygen atoms in total. The van der Waals surface area contributed by atoms with Crippen molar-refractivity contribution in [3.8, 4) is 0 Å². The van der Waals surface area contributed by atoms with Crippen LogP contribution in [0.4, 0.5) is 0 Å². The normalized spacial score (nSPS) is 5.94. The molecular weight excluding hydrogens is 236 g/mol. The summed E-state index contributed by atoms with van der Waals surface area (Å²) in [6.07, 6.45) is 0. The molecule has 0 aromatic carbocycles. The Morgan fingerprint density at radius 3 is 1.06 bits per heavy atom. The zero-order valence-corrected chi connectivity index (χ0v) is 11.0. The summed E-state index contributed by atoms with van der Waals surface area (Å²) in [6.45, 7) is 19.5. The third kappa shape index (κ3) is 65.0. The van der Waals surface area contributed by atoms with Crippen molar-refractivity contribution in [2.75, 3.05) is 26.2 Å². The third-order valence-corrected chi connectivity index (χ3v) is 0.684. The van der Waals surface area contributed by atoms with Crippen LogP contribution in [0.2, 0.25) is 0 Å². The van der Waals surface area contributed by atoms with Crippen molar-refractivity contribution in [2.45, 2.75) is 0 Å². The Kier molecular flexibility index (Phi) is 98.6. The van der Waals surface area contributed by atoms with Crippen LogP contribution in [0.15, 0.2) is 50.0 Å². The second-order valence-corrected chi connectivity index (χ2v) is 1.63. The average molecular weight is 262 g/mol. The Balaban J connectivity index is -0.0000000477. The van der Waals surface area contributed by atoms with Gasteiger partial charge in [-0.15, -0.1) is 54.4 Å². The molecule has 0 atom stereocenters. The summed E-state index contributed by atoms with van der Waals surface area (Å²) in [4.78, 5) is 18.9. The van der Waals surface area contributed by atoms with Crippen LogP contribution < -0.4 is 17.2 Å². The standard InChI is InChI=1S/C2H6N4O2.C2H8N2.3C2H4/c3-1-2-6(4-7)5-8;3-1-2-4;3*1-2/h1-3H2;1-4H2;3*1-2H2. The monoisotopic (exact) mass is 262 g/mol. The molecule has 0 saturated heterocycles. The molecule has 0 fully saturated rings. The van der Waals surface area contributed by atoms with Crippen molar-refractivity contribution in [1.29, 1.82) is 0 Å². The van der Waals surface area contributed by atoms with Gasteiger partial charge in [0.05, 0.1) is 17.1 Å². The van der Waals surface area contributed by atoms with E-state index < -0.39 is 0 Å². The zero-order valence-electron chi connectivity index (χ0n) is 11.0. The molecule has 0 aromatic rings. The number of nitroso groups, excluding NO2 is 2. The van der Waals surface area contributed by atoms with E-state index in [4.69, 9.17) is 17.2 Å². The summed E-state index contributed by atoms with van der Waals surface area (Å²) in [5, 5.41) is 4.89. The van der Waals surface area contributed by atoms with E-state index in [0.717, 1.165) is 0 Å². The van der Waals surface area contributed by atoms with E-state index in [-0.39, 0.29) is 13.1 Å². The zero-order chi connectivity index (χ0) is 15.8. The summed E-state index contributed by atoms with van der Waals surface area (Å²) >= 11 is 0. The van der Waals surface area contributed by atoms with E-state index in [1.807, 2.05) is 0 Å². The lowest BCUT2D eigenvalue weighted by Gasteiger charge is -1.98. The van der Waals surface area contributed by atoms with E-state index in [0.29, 0.717) is 18.2 Å². The number of hydrogen-bond acceptors (Lipinski definition) is 7. The van der Waals surface area contributed by atoms with Gasteiger partial charge < -0.3 is 17.2 Å². The predicted octanol–water partition coefficient (Wildman–Crippen LogP) is 0.920. The highest BCUT2D eigenvalue weighted by Crippen LogP contribution is 1.84. The summed E-state index contributed by atoms with van der Waals surface area (Å²) in [5.41, 5.74) is 14.7. The van der Waals surface area contributed by atoms with E-state index in [2.05, 4.69) is 50.0 Å². The maximum absolute atomic E-state index is 9.45. The number of nitrogens with zero attached hydrogens (tertiary/aromatic N) is 3. The summed E-state index contributed by atoms with van der Waals surface area (Å²) in [5.74, 6) is 0. The van der Waals surface area contributed by atoms with E-state index >= 15 is 0 Å². The summed E-state index contributed by atoms with van der Waals surface area (Å²) in [6, 6.07) is 0. The first-order chi connectivity index (χ1) is 8.76. The Bertz CT molecular complexity index is 134. The molecular formula is C10H26N6O2. The first-order valence-corrected chi connectivity index (χ1v) is 4.81. The van der Waals surface area contributed by atoms with Crippen LogP contribution in [0.3, 0.4) is 0 Å². The molecule has 0 unspecified atom stereocenters. The number of nitrogens with two attached hydrogens (primary N) is 3. The lowest BCUT2D eigenvalue weighted by Crippen LogP contribution is -2.18.